The largest absolute Gasteiger partial charge is 0.330 e. The highest BCUT2D eigenvalue weighted by Gasteiger charge is 2.26. The van der Waals surface area contributed by atoms with Crippen LogP contribution in [0.15, 0.2) is 6.07 Å². The first-order valence-electron chi connectivity index (χ1n) is 7.08. The fourth-order valence-corrected chi connectivity index (χ4v) is 1.70. The quantitative estimate of drug-likeness (QED) is 0.900. The zero-order chi connectivity index (χ0) is 15.7. The molecule has 3 N–H and O–H groups in total. The lowest BCUT2D eigenvalue weighted by Gasteiger charge is -2.23. The Hall–Kier alpha value is -1.07. The summed E-state index contributed by atoms with van der Waals surface area (Å²) < 4.78 is 1.87. The molecule has 0 saturated heterocycles. The molecule has 5 nitrogen and oxygen atoms in total. The van der Waals surface area contributed by atoms with Crippen LogP contribution in [0.2, 0.25) is 0 Å². The zero-order valence-electron chi connectivity index (χ0n) is 14.2. The Bertz CT molecular complexity index is 483. The molecule has 1 amide bonds. The van der Waals surface area contributed by atoms with Crippen LogP contribution >= 0.6 is 12.4 Å². The van der Waals surface area contributed by atoms with Crippen molar-refractivity contribution in [3.63, 3.8) is 0 Å². The molecule has 0 radical (unpaired) electrons. The molecule has 0 aliphatic rings. The minimum absolute atomic E-state index is 0. The monoisotopic (exact) mass is 316 g/mol. The molecule has 0 aliphatic heterocycles. The number of nitrogens with zero attached hydrogens (tertiary/aromatic N) is 2. The van der Waals surface area contributed by atoms with E-state index in [9.17, 15) is 4.79 Å². The number of hydrogen-bond donors (Lipinski definition) is 2. The van der Waals surface area contributed by atoms with Crippen molar-refractivity contribution in [3.05, 3.63) is 11.8 Å². The maximum Gasteiger partial charge on any atom is 0.229 e. The molecule has 0 spiro atoms. The van der Waals surface area contributed by atoms with Crippen molar-refractivity contribution in [2.75, 3.05) is 11.9 Å². The van der Waals surface area contributed by atoms with Crippen LogP contribution in [0.1, 0.15) is 54.2 Å². The van der Waals surface area contributed by atoms with Gasteiger partial charge in [0.2, 0.25) is 5.91 Å². The van der Waals surface area contributed by atoms with E-state index in [2.05, 4.69) is 52.0 Å². The second-order valence-corrected chi connectivity index (χ2v) is 7.37. The molecule has 1 atom stereocenters. The molecule has 122 valence electrons. The van der Waals surface area contributed by atoms with E-state index in [1.165, 1.54) is 0 Å². The Labute approximate surface area is 134 Å². The smallest absolute Gasteiger partial charge is 0.229 e. The van der Waals surface area contributed by atoms with Gasteiger partial charge < -0.3 is 11.1 Å². The summed E-state index contributed by atoms with van der Waals surface area (Å²) >= 11 is 0. The van der Waals surface area contributed by atoms with Crippen molar-refractivity contribution in [1.82, 2.24) is 9.78 Å². The van der Waals surface area contributed by atoms with Crippen molar-refractivity contribution >= 4 is 24.1 Å². The Balaban J connectivity index is 0.00000400. The molecule has 1 aromatic heterocycles. The van der Waals surface area contributed by atoms with Crippen molar-refractivity contribution < 1.29 is 4.79 Å². The van der Waals surface area contributed by atoms with Crippen molar-refractivity contribution in [2.45, 2.75) is 59.4 Å². The second kappa shape index (κ2) is 6.79. The highest BCUT2D eigenvalue weighted by atomic mass is 35.5. The fourth-order valence-electron chi connectivity index (χ4n) is 1.70. The number of rotatable bonds is 3. The summed E-state index contributed by atoms with van der Waals surface area (Å²) in [6.07, 6.45) is 0. The van der Waals surface area contributed by atoms with Gasteiger partial charge in [0.15, 0.2) is 0 Å². The molecule has 1 rings (SSSR count). The fraction of sp³-hybridized carbons (Fsp3) is 0.733. The van der Waals surface area contributed by atoms with Crippen LogP contribution in [0.25, 0.3) is 0 Å². The minimum atomic E-state index is -0.212. The number of halogens is 1. The van der Waals surface area contributed by atoms with E-state index < -0.39 is 0 Å². The van der Waals surface area contributed by atoms with Gasteiger partial charge in [-0.25, -0.2) is 4.68 Å². The number of nitrogens with two attached hydrogens (primary N) is 1. The number of nitrogens with one attached hydrogen (secondary N) is 1. The SMILES string of the molecule is CC(CN)C(=O)Nc1cc(C(C)(C)C)nn1C(C)(C)C.Cl. The summed E-state index contributed by atoms with van der Waals surface area (Å²) in [5.41, 5.74) is 6.25. The molecule has 1 unspecified atom stereocenters. The third-order valence-corrected chi connectivity index (χ3v) is 3.17. The average Bonchev–Trinajstić information content (AvgIpc) is 2.71. The molecule has 0 bridgehead atoms. The van der Waals surface area contributed by atoms with Crippen LogP contribution in [-0.4, -0.2) is 22.2 Å². The van der Waals surface area contributed by atoms with Crippen LogP contribution in [0, 0.1) is 5.92 Å². The Morgan fingerprint density at radius 1 is 1.33 bits per heavy atom. The van der Waals surface area contributed by atoms with E-state index >= 15 is 0 Å². The Morgan fingerprint density at radius 2 is 1.86 bits per heavy atom. The standard InChI is InChI=1S/C15H28N4O.ClH/c1-10(9-16)13(20)17-12-8-11(14(2,3)4)18-19(12)15(5,6)7;/h8,10H,9,16H2,1-7H3,(H,17,20);1H. The van der Waals surface area contributed by atoms with Crippen molar-refractivity contribution in [2.24, 2.45) is 11.7 Å². The Morgan fingerprint density at radius 3 is 2.24 bits per heavy atom. The highest BCUT2D eigenvalue weighted by Crippen LogP contribution is 2.28. The lowest BCUT2D eigenvalue weighted by atomic mass is 9.92. The molecule has 1 heterocycles. The normalized spacial score (nSPS) is 13.5. The van der Waals surface area contributed by atoms with Crippen LogP contribution in [0.5, 0.6) is 0 Å². The molecule has 1 aromatic rings. The van der Waals surface area contributed by atoms with E-state index in [-0.39, 0.29) is 35.2 Å². The molecule has 0 saturated carbocycles. The average molecular weight is 317 g/mol. The van der Waals surface area contributed by atoms with E-state index in [0.717, 1.165) is 11.5 Å². The zero-order valence-corrected chi connectivity index (χ0v) is 15.0. The maximum atomic E-state index is 12.0. The number of amides is 1. The summed E-state index contributed by atoms with van der Waals surface area (Å²) in [5.74, 6) is 0.447. The van der Waals surface area contributed by atoms with Gasteiger partial charge in [0, 0.05) is 23.9 Å². The summed E-state index contributed by atoms with van der Waals surface area (Å²) in [6, 6.07) is 1.95. The van der Waals surface area contributed by atoms with Gasteiger partial charge in [0.1, 0.15) is 5.82 Å². The number of hydrogen-bond acceptors (Lipinski definition) is 3. The number of carbonyl (C=O) groups is 1. The van der Waals surface area contributed by atoms with Crippen LogP contribution < -0.4 is 11.1 Å². The van der Waals surface area contributed by atoms with E-state index in [1.54, 1.807) is 0 Å². The van der Waals surface area contributed by atoms with Crippen LogP contribution in [-0.2, 0) is 15.7 Å². The first-order chi connectivity index (χ1) is 8.96. The molecule has 21 heavy (non-hydrogen) atoms. The van der Waals surface area contributed by atoms with Gasteiger partial charge in [-0.2, -0.15) is 5.10 Å². The molecule has 0 aliphatic carbocycles. The highest BCUT2D eigenvalue weighted by molar-refractivity contribution is 5.91. The van der Waals surface area contributed by atoms with Gasteiger partial charge in [-0.15, -0.1) is 12.4 Å². The summed E-state index contributed by atoms with van der Waals surface area (Å²) in [6.45, 7) is 14.7. The second-order valence-electron chi connectivity index (χ2n) is 7.37. The van der Waals surface area contributed by atoms with Gasteiger partial charge in [-0.3, -0.25) is 4.79 Å². The van der Waals surface area contributed by atoms with Gasteiger partial charge >= 0.3 is 0 Å². The van der Waals surface area contributed by atoms with Gasteiger partial charge in [-0.1, -0.05) is 27.7 Å². The maximum absolute atomic E-state index is 12.0. The van der Waals surface area contributed by atoms with Gasteiger partial charge in [0.25, 0.3) is 0 Å². The lowest BCUT2D eigenvalue weighted by molar-refractivity contribution is -0.119. The van der Waals surface area contributed by atoms with Gasteiger partial charge in [-0.05, 0) is 20.8 Å². The molecular weight excluding hydrogens is 288 g/mol. The minimum Gasteiger partial charge on any atom is -0.330 e. The topological polar surface area (TPSA) is 72.9 Å². The summed E-state index contributed by atoms with van der Waals surface area (Å²) in [5, 5.41) is 7.60. The van der Waals surface area contributed by atoms with Crippen LogP contribution in [0.3, 0.4) is 0 Å². The molecular formula is C15H29ClN4O. The predicted octanol–water partition coefficient (Wildman–Crippen LogP) is 2.89. The first-order valence-corrected chi connectivity index (χ1v) is 7.08. The summed E-state index contributed by atoms with van der Waals surface area (Å²) in [4.78, 5) is 12.0. The van der Waals surface area contributed by atoms with Crippen molar-refractivity contribution in [3.8, 4) is 0 Å². The number of aromatic nitrogens is 2. The molecule has 6 heteroatoms. The van der Waals surface area contributed by atoms with Crippen LogP contribution in [0.4, 0.5) is 5.82 Å². The van der Waals surface area contributed by atoms with E-state index in [0.29, 0.717) is 6.54 Å². The third-order valence-electron chi connectivity index (χ3n) is 3.17. The number of anilines is 1. The molecule has 0 fully saturated rings. The summed E-state index contributed by atoms with van der Waals surface area (Å²) in [7, 11) is 0. The number of carbonyl (C=O) groups excluding carboxylic acids is 1. The Kier molecular flexibility index (Phi) is 6.45. The lowest BCUT2D eigenvalue weighted by Crippen LogP contribution is -2.31. The molecule has 0 aromatic carbocycles. The van der Waals surface area contributed by atoms with E-state index in [1.807, 2.05) is 17.7 Å². The van der Waals surface area contributed by atoms with Crippen molar-refractivity contribution in [1.29, 1.82) is 0 Å². The van der Waals surface area contributed by atoms with E-state index in [4.69, 9.17) is 5.73 Å². The van der Waals surface area contributed by atoms with Gasteiger partial charge in [0.05, 0.1) is 11.2 Å². The third kappa shape index (κ3) is 5.00. The predicted molar refractivity (Wildman–Crippen MR) is 90.0 cm³/mol. The first kappa shape index (κ1) is 19.9.